The molecule has 1 aliphatic rings. The van der Waals surface area contributed by atoms with E-state index in [1.807, 2.05) is 0 Å². The van der Waals surface area contributed by atoms with Gasteiger partial charge in [0.2, 0.25) is 5.09 Å². The van der Waals surface area contributed by atoms with E-state index < -0.39 is 93.3 Å². The van der Waals surface area contributed by atoms with Crippen molar-refractivity contribution in [3.63, 3.8) is 0 Å². The number of aromatic nitrogens is 3. The van der Waals surface area contributed by atoms with Gasteiger partial charge in [0.05, 0.1) is 23.3 Å². The predicted octanol–water partition coefficient (Wildman–Crippen LogP) is 6.25. The van der Waals surface area contributed by atoms with E-state index in [0.717, 1.165) is 36.7 Å². The fourth-order valence-electron chi connectivity index (χ4n) is 5.07. The van der Waals surface area contributed by atoms with Crippen LogP contribution in [0.5, 0.6) is 0 Å². The Labute approximate surface area is 246 Å². The number of fused-ring (bicyclic) bond motifs is 1. The Hall–Kier alpha value is -3.92. The minimum Gasteiger partial charge on any atom is -0.443 e. The summed E-state index contributed by atoms with van der Waals surface area (Å²) >= 11 is 0. The lowest BCUT2D eigenvalue weighted by atomic mass is 9.98. The fourth-order valence-corrected chi connectivity index (χ4v) is 6.85. The number of carbonyl (C=O) groups excluding carboxylic acids is 1. The summed E-state index contributed by atoms with van der Waals surface area (Å²) in [4.78, 5) is 24.2. The normalized spacial score (nSPS) is 20.0. The van der Waals surface area contributed by atoms with E-state index in [-0.39, 0.29) is 22.2 Å². The van der Waals surface area contributed by atoms with Crippen molar-refractivity contribution in [3.05, 3.63) is 71.7 Å². The molecule has 0 saturated carbocycles. The van der Waals surface area contributed by atoms with Crippen molar-refractivity contribution in [1.29, 1.82) is 0 Å². The summed E-state index contributed by atoms with van der Waals surface area (Å²) < 4.78 is 130. The number of nitrogens with zero attached hydrogens (tertiary/aromatic N) is 4. The Morgan fingerprint density at radius 2 is 1.73 bits per heavy atom. The summed E-state index contributed by atoms with van der Waals surface area (Å²) in [6.07, 6.45) is -5.85. The number of aryl methyl sites for hydroxylation is 1. The molecule has 1 saturated heterocycles. The molecule has 44 heavy (non-hydrogen) atoms. The van der Waals surface area contributed by atoms with Crippen molar-refractivity contribution in [2.45, 2.75) is 68.6 Å². The zero-order valence-corrected chi connectivity index (χ0v) is 23.8. The number of furan rings is 1. The number of rotatable bonds is 8. The Kier molecular flexibility index (Phi) is 8.03. The highest BCUT2D eigenvalue weighted by atomic mass is 32.2. The fraction of sp³-hybridized carbons (Fsp3) is 0.357. The largest absolute Gasteiger partial charge is 0.443 e. The molecule has 0 spiro atoms. The van der Waals surface area contributed by atoms with Crippen LogP contribution in [-0.2, 0) is 33.3 Å². The number of alkyl halides is 6. The molecule has 0 N–H and O–H groups in total. The molecular formula is C28H23F7N4O4S. The van der Waals surface area contributed by atoms with Crippen LogP contribution in [0.3, 0.4) is 0 Å². The molecule has 4 heterocycles. The van der Waals surface area contributed by atoms with Gasteiger partial charge >= 0.3 is 12.1 Å². The van der Waals surface area contributed by atoms with E-state index in [1.165, 1.54) is 13.0 Å². The molecule has 0 bridgehead atoms. The third-order valence-corrected chi connectivity index (χ3v) is 9.17. The summed E-state index contributed by atoms with van der Waals surface area (Å²) in [7, 11) is -4.63. The predicted molar refractivity (Wildman–Crippen MR) is 141 cm³/mol. The van der Waals surface area contributed by atoms with Crippen molar-refractivity contribution in [2.75, 3.05) is 0 Å². The topological polar surface area (TPSA) is 106 Å². The van der Waals surface area contributed by atoms with Crippen molar-refractivity contribution >= 4 is 26.8 Å². The van der Waals surface area contributed by atoms with Crippen LogP contribution in [0.25, 0.3) is 22.2 Å². The molecule has 0 unspecified atom stereocenters. The van der Waals surface area contributed by atoms with Gasteiger partial charge in [-0.3, -0.25) is 9.78 Å². The van der Waals surface area contributed by atoms with Crippen LogP contribution in [0.15, 0.2) is 58.4 Å². The Morgan fingerprint density at radius 3 is 2.36 bits per heavy atom. The Bertz CT molecular complexity index is 1820. The molecule has 0 aliphatic carbocycles. The first-order valence-corrected chi connectivity index (χ1v) is 14.6. The maximum absolute atomic E-state index is 14.9. The molecule has 0 amide bonds. The van der Waals surface area contributed by atoms with E-state index in [2.05, 4.69) is 15.0 Å². The first-order chi connectivity index (χ1) is 20.5. The number of benzene rings is 1. The van der Waals surface area contributed by atoms with E-state index in [0.29, 0.717) is 17.4 Å². The van der Waals surface area contributed by atoms with Gasteiger partial charge in [-0.05, 0) is 43.2 Å². The molecule has 8 nitrogen and oxygen atoms in total. The summed E-state index contributed by atoms with van der Waals surface area (Å²) in [5.41, 5.74) is -1.58. The second kappa shape index (κ2) is 11.2. The molecule has 0 radical (unpaired) electrons. The van der Waals surface area contributed by atoms with Crippen LogP contribution in [0.2, 0.25) is 0 Å². The van der Waals surface area contributed by atoms with Gasteiger partial charge in [0, 0.05) is 55.4 Å². The lowest BCUT2D eigenvalue weighted by Crippen LogP contribution is -2.44. The summed E-state index contributed by atoms with van der Waals surface area (Å²) in [6.45, 7) is 1.82. The number of Topliss-reactive ketones (excluding diaryl/α,β-unsaturated/α-hetero) is 1. The SMILES string of the molecule is C[C@H]1[C@H](F)C[C@@H](C(=O)CCc2cc(-c3cnc(C(C)(F)F)nc3)ncc2C(F)(F)F)N1S(=O)(=O)c1cc2cc(F)ccc2o1. The average Bonchev–Trinajstić information content (AvgIpc) is 3.51. The van der Waals surface area contributed by atoms with Crippen LogP contribution in [0, 0.1) is 5.82 Å². The quantitative estimate of drug-likeness (QED) is 0.209. The molecule has 5 rings (SSSR count). The lowest BCUT2D eigenvalue weighted by Gasteiger charge is -2.25. The van der Waals surface area contributed by atoms with Gasteiger partial charge in [0.15, 0.2) is 11.6 Å². The minimum atomic E-state index is -4.88. The number of sulfonamides is 1. The number of pyridine rings is 1. The molecule has 234 valence electrons. The molecule has 1 aliphatic heterocycles. The van der Waals surface area contributed by atoms with Gasteiger partial charge in [-0.25, -0.2) is 27.2 Å². The third kappa shape index (κ3) is 6.04. The van der Waals surface area contributed by atoms with Crippen molar-refractivity contribution < 1.29 is 48.4 Å². The number of hydrogen-bond acceptors (Lipinski definition) is 7. The number of ketones is 1. The van der Waals surface area contributed by atoms with Gasteiger partial charge < -0.3 is 4.42 Å². The van der Waals surface area contributed by atoms with Crippen molar-refractivity contribution in [3.8, 4) is 11.3 Å². The molecule has 1 aromatic carbocycles. The van der Waals surface area contributed by atoms with Crippen LogP contribution < -0.4 is 0 Å². The number of halogens is 7. The van der Waals surface area contributed by atoms with E-state index >= 15 is 0 Å². The van der Waals surface area contributed by atoms with E-state index in [1.54, 1.807) is 0 Å². The van der Waals surface area contributed by atoms with Gasteiger partial charge in [-0.1, -0.05) is 0 Å². The highest BCUT2D eigenvalue weighted by Crippen LogP contribution is 2.37. The summed E-state index contributed by atoms with van der Waals surface area (Å²) in [5.74, 6) is -5.65. The number of carbonyl (C=O) groups is 1. The molecular weight excluding hydrogens is 621 g/mol. The minimum absolute atomic E-state index is 0.0344. The first-order valence-electron chi connectivity index (χ1n) is 13.1. The van der Waals surface area contributed by atoms with Crippen LogP contribution in [-0.4, -0.2) is 51.7 Å². The zero-order chi connectivity index (χ0) is 32.2. The lowest BCUT2D eigenvalue weighted by molar-refractivity contribution is -0.138. The third-order valence-electron chi connectivity index (χ3n) is 7.32. The highest BCUT2D eigenvalue weighted by molar-refractivity contribution is 7.89. The maximum atomic E-state index is 14.9. The average molecular weight is 645 g/mol. The van der Waals surface area contributed by atoms with Gasteiger partial charge in [0.25, 0.3) is 10.0 Å². The smallest absolute Gasteiger partial charge is 0.418 e. The standard InChI is InChI=1S/C28H23F7N4O4S/c1-14-20(30)10-22(39(14)44(41,42)25-9-16-7-18(29)4-6-24(16)43-25)23(40)5-3-15-8-21(36-13-19(15)28(33,34)35)17-11-37-26(38-12-17)27(2,31)32/h4,6-9,11-14,20,22H,3,5,10H2,1-2H3/t14-,20+,22-/m0/s1. The van der Waals surface area contributed by atoms with Gasteiger partial charge in [-0.2, -0.15) is 26.3 Å². The van der Waals surface area contributed by atoms with Crippen molar-refractivity contribution in [1.82, 2.24) is 19.3 Å². The second-order valence-electron chi connectivity index (χ2n) is 10.5. The number of hydrogen-bond donors (Lipinski definition) is 0. The van der Waals surface area contributed by atoms with Gasteiger partial charge in [-0.15, -0.1) is 0 Å². The second-order valence-corrected chi connectivity index (χ2v) is 12.2. The monoisotopic (exact) mass is 644 g/mol. The maximum Gasteiger partial charge on any atom is 0.418 e. The summed E-state index contributed by atoms with van der Waals surface area (Å²) in [5, 5.41) is -0.532. The molecule has 4 aromatic rings. The van der Waals surface area contributed by atoms with Crippen LogP contribution in [0.1, 0.15) is 43.6 Å². The van der Waals surface area contributed by atoms with Crippen LogP contribution >= 0.6 is 0 Å². The Morgan fingerprint density at radius 1 is 1.05 bits per heavy atom. The van der Waals surface area contributed by atoms with Gasteiger partial charge in [0.1, 0.15) is 17.6 Å². The van der Waals surface area contributed by atoms with E-state index in [9.17, 15) is 43.9 Å². The molecule has 16 heteroatoms. The van der Waals surface area contributed by atoms with Crippen molar-refractivity contribution in [2.24, 2.45) is 0 Å². The first kappa shape index (κ1) is 31.5. The molecule has 3 atom stereocenters. The highest BCUT2D eigenvalue weighted by Gasteiger charge is 2.50. The molecule has 3 aromatic heterocycles. The van der Waals surface area contributed by atoms with Crippen LogP contribution in [0.4, 0.5) is 30.7 Å². The molecule has 1 fully saturated rings. The Balaban J connectivity index is 1.42. The van der Waals surface area contributed by atoms with E-state index in [4.69, 9.17) is 4.42 Å². The zero-order valence-electron chi connectivity index (χ0n) is 22.9. The summed E-state index contributed by atoms with van der Waals surface area (Å²) in [6, 6.07) is 2.48.